The Labute approximate surface area is 129 Å². The molecule has 1 fully saturated rings. The zero-order valence-electron chi connectivity index (χ0n) is 12.7. The minimum absolute atomic E-state index is 0.220. The second kappa shape index (κ2) is 6.57. The average molecular weight is 305 g/mol. The Kier molecular flexibility index (Phi) is 4.52. The number of nitrogens with zero attached hydrogens (tertiary/aromatic N) is 2. The quantitative estimate of drug-likeness (QED) is 0.841. The van der Waals surface area contributed by atoms with E-state index in [4.69, 9.17) is 0 Å². The Bertz CT molecular complexity index is 620. The zero-order valence-corrected chi connectivity index (χ0v) is 12.7. The number of alkyl halides is 2. The molecule has 5 heteroatoms. The lowest BCUT2D eigenvalue weighted by atomic mass is 10.0. The van der Waals surface area contributed by atoms with Crippen molar-refractivity contribution < 1.29 is 8.78 Å². The number of rotatable bonds is 7. The molecule has 2 aromatic rings. The normalized spacial score (nSPS) is 16.2. The molecule has 22 heavy (non-hydrogen) atoms. The van der Waals surface area contributed by atoms with E-state index in [-0.39, 0.29) is 12.6 Å². The van der Waals surface area contributed by atoms with E-state index in [9.17, 15) is 8.78 Å². The second-order valence-electron chi connectivity index (χ2n) is 6.01. The Morgan fingerprint density at radius 1 is 1.36 bits per heavy atom. The van der Waals surface area contributed by atoms with Crippen molar-refractivity contribution in [3.8, 4) is 0 Å². The highest BCUT2D eigenvalue weighted by Gasteiger charge is 2.23. The summed E-state index contributed by atoms with van der Waals surface area (Å²) in [5.74, 6) is 0.750. The van der Waals surface area contributed by atoms with E-state index < -0.39 is 6.43 Å². The maximum atomic E-state index is 12.3. The van der Waals surface area contributed by atoms with Crippen molar-refractivity contribution in [3.05, 3.63) is 53.3 Å². The van der Waals surface area contributed by atoms with Crippen LogP contribution < -0.4 is 5.32 Å². The largest absolute Gasteiger partial charge is 0.306 e. The summed E-state index contributed by atoms with van der Waals surface area (Å²) < 4.78 is 25.9. The smallest absolute Gasteiger partial charge is 0.257 e. The molecule has 1 saturated carbocycles. The van der Waals surface area contributed by atoms with Crippen molar-refractivity contribution in [2.24, 2.45) is 0 Å². The van der Waals surface area contributed by atoms with Crippen LogP contribution in [0.4, 0.5) is 8.78 Å². The first-order valence-corrected chi connectivity index (χ1v) is 7.74. The third kappa shape index (κ3) is 3.91. The Balaban J connectivity index is 1.56. The predicted octanol–water partition coefficient (Wildman–Crippen LogP) is 3.88. The molecule has 1 aliphatic rings. The monoisotopic (exact) mass is 305 g/mol. The maximum Gasteiger partial charge on any atom is 0.257 e. The fraction of sp³-hybridized carbons (Fsp3) is 0.471. The van der Waals surface area contributed by atoms with Crippen LogP contribution in [-0.4, -0.2) is 16.2 Å². The third-order valence-electron chi connectivity index (χ3n) is 4.08. The molecule has 1 atom stereocenters. The molecule has 1 aromatic heterocycles. The minimum atomic E-state index is -2.37. The molecular formula is C17H21F2N3. The van der Waals surface area contributed by atoms with Gasteiger partial charge in [0.25, 0.3) is 6.43 Å². The summed E-state index contributed by atoms with van der Waals surface area (Å²) >= 11 is 0. The average Bonchev–Trinajstić information content (AvgIpc) is 3.26. The van der Waals surface area contributed by atoms with Gasteiger partial charge in [-0.25, -0.2) is 8.78 Å². The van der Waals surface area contributed by atoms with E-state index in [2.05, 4.69) is 41.6 Å². The van der Waals surface area contributed by atoms with Crippen molar-refractivity contribution in [1.82, 2.24) is 15.1 Å². The molecular weight excluding hydrogens is 284 g/mol. The van der Waals surface area contributed by atoms with Gasteiger partial charge in [-0.15, -0.1) is 0 Å². The van der Waals surface area contributed by atoms with E-state index in [0.29, 0.717) is 6.54 Å². The van der Waals surface area contributed by atoms with Gasteiger partial charge in [0, 0.05) is 24.3 Å². The highest BCUT2D eigenvalue weighted by molar-refractivity contribution is 5.30. The van der Waals surface area contributed by atoms with Crippen LogP contribution in [0.25, 0.3) is 0 Å². The Morgan fingerprint density at radius 3 is 2.91 bits per heavy atom. The summed E-state index contributed by atoms with van der Waals surface area (Å²) in [5, 5.41) is 7.38. The molecule has 0 saturated heterocycles. The number of benzene rings is 1. The van der Waals surface area contributed by atoms with Crippen LogP contribution in [0.1, 0.15) is 48.4 Å². The number of hydrogen-bond donors (Lipinski definition) is 1. The van der Waals surface area contributed by atoms with Gasteiger partial charge in [0.2, 0.25) is 0 Å². The van der Waals surface area contributed by atoms with E-state index in [1.807, 2.05) is 0 Å². The standard InChI is InChI=1S/C17H21F2N3/c1-12(15-3-2-4-16(7-15)14-5-6-14)20-8-13-9-21-22(10-13)11-17(18)19/h2-4,7,9-10,12,14,17,20H,5-6,8,11H2,1H3. The first-order chi connectivity index (χ1) is 10.6. The molecule has 0 bridgehead atoms. The molecule has 0 radical (unpaired) electrons. The van der Waals surface area contributed by atoms with Crippen LogP contribution in [0.2, 0.25) is 0 Å². The molecule has 3 nitrogen and oxygen atoms in total. The third-order valence-corrected chi connectivity index (χ3v) is 4.08. The lowest BCUT2D eigenvalue weighted by Gasteiger charge is -2.14. The van der Waals surface area contributed by atoms with Crippen LogP contribution in [-0.2, 0) is 13.1 Å². The minimum Gasteiger partial charge on any atom is -0.306 e. The van der Waals surface area contributed by atoms with Crippen molar-refractivity contribution >= 4 is 0 Å². The molecule has 1 heterocycles. The molecule has 0 aliphatic heterocycles. The number of hydrogen-bond acceptors (Lipinski definition) is 2. The number of aromatic nitrogens is 2. The first-order valence-electron chi connectivity index (χ1n) is 7.74. The maximum absolute atomic E-state index is 12.3. The number of halogens is 2. The lowest BCUT2D eigenvalue weighted by molar-refractivity contribution is 0.122. The molecule has 1 aliphatic carbocycles. The second-order valence-corrected chi connectivity index (χ2v) is 6.01. The molecule has 1 aromatic carbocycles. The highest BCUT2D eigenvalue weighted by atomic mass is 19.3. The van der Waals surface area contributed by atoms with Crippen molar-refractivity contribution in [1.29, 1.82) is 0 Å². The van der Waals surface area contributed by atoms with Gasteiger partial charge in [0.1, 0.15) is 6.54 Å². The summed E-state index contributed by atoms with van der Waals surface area (Å²) in [4.78, 5) is 0. The van der Waals surface area contributed by atoms with E-state index >= 15 is 0 Å². The van der Waals surface area contributed by atoms with Crippen LogP contribution in [0, 0.1) is 0 Å². The molecule has 118 valence electrons. The first kappa shape index (κ1) is 15.2. The van der Waals surface area contributed by atoms with Gasteiger partial charge in [-0.05, 0) is 36.8 Å². The molecule has 1 N–H and O–H groups in total. The predicted molar refractivity (Wildman–Crippen MR) is 81.9 cm³/mol. The van der Waals surface area contributed by atoms with Crippen molar-refractivity contribution in [2.45, 2.75) is 51.2 Å². The van der Waals surface area contributed by atoms with Gasteiger partial charge < -0.3 is 5.32 Å². The number of nitrogens with one attached hydrogen (secondary N) is 1. The molecule has 1 unspecified atom stereocenters. The highest BCUT2D eigenvalue weighted by Crippen LogP contribution is 2.40. The van der Waals surface area contributed by atoms with Crippen LogP contribution in [0.5, 0.6) is 0 Å². The van der Waals surface area contributed by atoms with Gasteiger partial charge >= 0.3 is 0 Å². The van der Waals surface area contributed by atoms with Gasteiger partial charge in [-0.3, -0.25) is 4.68 Å². The van der Waals surface area contributed by atoms with Crippen molar-refractivity contribution in [3.63, 3.8) is 0 Å². The SMILES string of the molecule is CC(NCc1cnn(CC(F)F)c1)c1cccc(C2CC2)c1. The summed E-state index contributed by atoms with van der Waals surface area (Å²) in [6.45, 7) is 2.40. The Morgan fingerprint density at radius 2 is 2.18 bits per heavy atom. The van der Waals surface area contributed by atoms with Gasteiger partial charge in [0.05, 0.1) is 6.20 Å². The molecule has 0 amide bonds. The topological polar surface area (TPSA) is 29.9 Å². The van der Waals surface area contributed by atoms with Crippen LogP contribution in [0.15, 0.2) is 36.7 Å². The van der Waals surface area contributed by atoms with Crippen LogP contribution in [0.3, 0.4) is 0 Å². The summed E-state index contributed by atoms with van der Waals surface area (Å²) in [6, 6.07) is 8.93. The lowest BCUT2D eigenvalue weighted by Crippen LogP contribution is -2.18. The molecule has 3 rings (SSSR count). The fourth-order valence-electron chi connectivity index (χ4n) is 2.63. The van der Waals surface area contributed by atoms with Crippen LogP contribution >= 0.6 is 0 Å². The van der Waals surface area contributed by atoms with Gasteiger partial charge in [0.15, 0.2) is 0 Å². The van der Waals surface area contributed by atoms with E-state index in [0.717, 1.165) is 11.5 Å². The van der Waals surface area contributed by atoms with Gasteiger partial charge in [-0.1, -0.05) is 24.3 Å². The zero-order chi connectivity index (χ0) is 15.5. The van der Waals surface area contributed by atoms with E-state index in [1.165, 1.54) is 28.7 Å². The molecule has 0 spiro atoms. The van der Waals surface area contributed by atoms with E-state index in [1.54, 1.807) is 12.4 Å². The fourth-order valence-corrected chi connectivity index (χ4v) is 2.63. The Hall–Kier alpha value is -1.75. The summed E-state index contributed by atoms with van der Waals surface area (Å²) in [6.07, 6.45) is 3.54. The van der Waals surface area contributed by atoms with Gasteiger partial charge in [-0.2, -0.15) is 5.10 Å². The summed E-state index contributed by atoms with van der Waals surface area (Å²) in [7, 11) is 0. The summed E-state index contributed by atoms with van der Waals surface area (Å²) in [5.41, 5.74) is 3.62. The van der Waals surface area contributed by atoms with Crippen molar-refractivity contribution in [2.75, 3.05) is 0 Å².